The highest BCUT2D eigenvalue weighted by atomic mass is 16.1. The molecule has 0 aliphatic rings. The van der Waals surface area contributed by atoms with Gasteiger partial charge in [-0.15, -0.1) is 0 Å². The van der Waals surface area contributed by atoms with Crippen molar-refractivity contribution >= 4 is 5.84 Å². The van der Waals surface area contributed by atoms with Crippen LogP contribution in [0.4, 0.5) is 0 Å². The molecule has 116 valence electrons. The summed E-state index contributed by atoms with van der Waals surface area (Å²) >= 11 is 0. The average Bonchev–Trinajstić information content (AvgIpc) is 2.96. The molecule has 0 fully saturated rings. The van der Waals surface area contributed by atoms with E-state index in [1.807, 2.05) is 37.5 Å². The first kappa shape index (κ1) is 14.7. The van der Waals surface area contributed by atoms with Crippen molar-refractivity contribution < 1.29 is 5.41 Å². The van der Waals surface area contributed by atoms with E-state index in [1.54, 1.807) is 16.9 Å². The van der Waals surface area contributed by atoms with Gasteiger partial charge < -0.3 is 0 Å². The van der Waals surface area contributed by atoms with Gasteiger partial charge in [-0.05, 0) is 23.8 Å². The maximum atomic E-state index is 12.1. The molecule has 0 saturated heterocycles. The van der Waals surface area contributed by atoms with E-state index in [2.05, 4.69) is 10.2 Å². The normalized spacial score (nSPS) is 10.7. The van der Waals surface area contributed by atoms with Gasteiger partial charge >= 0.3 is 0 Å². The number of nitrogens with zero attached hydrogens (tertiary/aromatic N) is 4. The summed E-state index contributed by atoms with van der Waals surface area (Å²) in [5, 5.41) is 14.1. The third-order valence-electron chi connectivity index (χ3n) is 3.46. The molecule has 0 saturated carbocycles. The molecule has 1 aromatic carbocycles. The lowest BCUT2D eigenvalue weighted by atomic mass is 10.1. The van der Waals surface area contributed by atoms with Crippen molar-refractivity contribution in [2.45, 2.75) is 6.54 Å². The first-order chi connectivity index (χ1) is 11.0. The number of hydrogen-bond acceptors (Lipinski definition) is 3. The lowest BCUT2D eigenvalue weighted by Crippen LogP contribution is -2.46. The third kappa shape index (κ3) is 3.18. The van der Waals surface area contributed by atoms with Crippen molar-refractivity contribution in [1.82, 2.24) is 19.6 Å². The molecule has 0 atom stereocenters. The van der Waals surface area contributed by atoms with Gasteiger partial charge in [0.05, 0.1) is 24.0 Å². The number of benzene rings is 1. The SMILES string of the molecule is Cn1cc(-c2ccc(=O)n(Cc3cccc(C(N)=[NH2+])c3)n2)cn1. The summed E-state index contributed by atoms with van der Waals surface area (Å²) in [6.07, 6.45) is 3.56. The standard InChI is InChI=1S/C16H16N6O/c1-21-10-13(8-19-21)14-5-6-15(23)22(20-14)9-11-3-2-4-12(7-11)16(17)18/h2-8,10H,9H2,1H3,(H3,17,18)/p+1. The smallest absolute Gasteiger partial charge is 0.270 e. The zero-order valence-electron chi connectivity index (χ0n) is 12.7. The Balaban J connectivity index is 1.95. The molecule has 0 unspecified atom stereocenters. The van der Waals surface area contributed by atoms with Crippen LogP contribution in [0.15, 0.2) is 53.6 Å². The zero-order chi connectivity index (χ0) is 16.4. The Kier molecular flexibility index (Phi) is 3.76. The van der Waals surface area contributed by atoms with Gasteiger partial charge in [0, 0.05) is 24.9 Å². The van der Waals surface area contributed by atoms with E-state index in [9.17, 15) is 4.79 Å². The van der Waals surface area contributed by atoms with Crippen LogP contribution < -0.4 is 16.7 Å². The Labute approximate surface area is 132 Å². The van der Waals surface area contributed by atoms with Crippen molar-refractivity contribution in [3.63, 3.8) is 0 Å². The maximum absolute atomic E-state index is 12.1. The molecule has 3 rings (SSSR count). The van der Waals surface area contributed by atoms with E-state index in [4.69, 9.17) is 11.1 Å². The Morgan fingerprint density at radius 3 is 2.83 bits per heavy atom. The van der Waals surface area contributed by atoms with Gasteiger partial charge in [-0.3, -0.25) is 20.6 Å². The van der Waals surface area contributed by atoms with Crippen LogP contribution in [-0.4, -0.2) is 25.4 Å². The van der Waals surface area contributed by atoms with E-state index in [0.29, 0.717) is 12.2 Å². The lowest BCUT2D eigenvalue weighted by Gasteiger charge is -2.07. The monoisotopic (exact) mass is 309 g/mol. The molecule has 23 heavy (non-hydrogen) atoms. The molecular weight excluding hydrogens is 292 g/mol. The maximum Gasteiger partial charge on any atom is 0.270 e. The van der Waals surface area contributed by atoms with E-state index >= 15 is 0 Å². The summed E-state index contributed by atoms with van der Waals surface area (Å²) in [5.74, 6) is 0.247. The number of hydrogen-bond donors (Lipinski definition) is 2. The number of aromatic nitrogens is 4. The second kappa shape index (κ2) is 5.88. The van der Waals surface area contributed by atoms with Gasteiger partial charge in [0.25, 0.3) is 11.4 Å². The second-order valence-corrected chi connectivity index (χ2v) is 5.27. The molecule has 3 aromatic rings. The fourth-order valence-corrected chi connectivity index (χ4v) is 2.29. The predicted molar refractivity (Wildman–Crippen MR) is 86.5 cm³/mol. The van der Waals surface area contributed by atoms with Gasteiger partial charge in [-0.2, -0.15) is 10.2 Å². The van der Waals surface area contributed by atoms with Crippen LogP contribution in [0.25, 0.3) is 11.3 Å². The molecule has 0 spiro atoms. The van der Waals surface area contributed by atoms with E-state index in [1.165, 1.54) is 10.7 Å². The van der Waals surface area contributed by atoms with Crippen LogP contribution in [0.3, 0.4) is 0 Å². The van der Waals surface area contributed by atoms with Crippen LogP contribution in [0, 0.1) is 0 Å². The molecular formula is C16H17N6O+. The molecule has 0 radical (unpaired) electrons. The van der Waals surface area contributed by atoms with Crippen molar-refractivity contribution in [2.75, 3.05) is 0 Å². The molecule has 2 heterocycles. The molecule has 2 aromatic heterocycles. The number of amidine groups is 1. The van der Waals surface area contributed by atoms with Crippen LogP contribution in [-0.2, 0) is 13.6 Å². The second-order valence-electron chi connectivity index (χ2n) is 5.27. The number of nitrogens with two attached hydrogens (primary N) is 2. The van der Waals surface area contributed by atoms with Gasteiger partial charge in [-0.1, -0.05) is 12.1 Å². The van der Waals surface area contributed by atoms with E-state index in [0.717, 1.165) is 16.7 Å². The molecule has 7 heteroatoms. The highest BCUT2D eigenvalue weighted by Gasteiger charge is 2.07. The third-order valence-corrected chi connectivity index (χ3v) is 3.46. The first-order valence-electron chi connectivity index (χ1n) is 7.07. The van der Waals surface area contributed by atoms with Crippen molar-refractivity contribution in [3.05, 3.63) is 70.3 Å². The van der Waals surface area contributed by atoms with E-state index in [-0.39, 0.29) is 11.4 Å². The summed E-state index contributed by atoms with van der Waals surface area (Å²) < 4.78 is 3.10. The van der Waals surface area contributed by atoms with Crippen molar-refractivity contribution in [2.24, 2.45) is 12.8 Å². The molecule has 7 nitrogen and oxygen atoms in total. The fourth-order valence-electron chi connectivity index (χ4n) is 2.29. The zero-order valence-corrected chi connectivity index (χ0v) is 12.7. The van der Waals surface area contributed by atoms with Crippen LogP contribution in [0.1, 0.15) is 11.1 Å². The van der Waals surface area contributed by atoms with Crippen LogP contribution in [0.2, 0.25) is 0 Å². The summed E-state index contributed by atoms with van der Waals surface area (Å²) in [6.45, 7) is 0.341. The largest absolute Gasteiger partial charge is 0.287 e. The Bertz CT molecular complexity index is 924. The summed E-state index contributed by atoms with van der Waals surface area (Å²) in [6, 6.07) is 10.6. The van der Waals surface area contributed by atoms with Crippen molar-refractivity contribution in [3.8, 4) is 11.3 Å². The minimum atomic E-state index is -0.173. The predicted octanol–water partition coefficient (Wildman–Crippen LogP) is -0.843. The minimum Gasteiger partial charge on any atom is -0.287 e. The minimum absolute atomic E-state index is 0.173. The summed E-state index contributed by atoms with van der Waals surface area (Å²) in [4.78, 5) is 12.1. The quantitative estimate of drug-likeness (QED) is 0.484. The molecule has 0 aliphatic heterocycles. The highest BCUT2D eigenvalue weighted by Crippen LogP contribution is 2.13. The Hall–Kier alpha value is -3.22. The Morgan fingerprint density at radius 2 is 2.13 bits per heavy atom. The van der Waals surface area contributed by atoms with Crippen molar-refractivity contribution in [1.29, 1.82) is 0 Å². The van der Waals surface area contributed by atoms with Gasteiger partial charge in [-0.25, -0.2) is 4.68 Å². The fraction of sp³-hybridized carbons (Fsp3) is 0.125. The van der Waals surface area contributed by atoms with Crippen LogP contribution >= 0.6 is 0 Å². The van der Waals surface area contributed by atoms with E-state index < -0.39 is 0 Å². The summed E-state index contributed by atoms with van der Waals surface area (Å²) in [5.41, 5.74) is 8.62. The molecule has 0 bridgehead atoms. The Morgan fingerprint density at radius 1 is 1.30 bits per heavy atom. The van der Waals surface area contributed by atoms with Gasteiger partial charge in [0.15, 0.2) is 0 Å². The molecule has 4 N–H and O–H groups in total. The topological polar surface area (TPSA) is 104 Å². The van der Waals surface area contributed by atoms with Gasteiger partial charge in [0.1, 0.15) is 0 Å². The molecule has 0 amide bonds. The number of aryl methyl sites for hydroxylation is 1. The number of rotatable bonds is 4. The highest BCUT2D eigenvalue weighted by molar-refractivity contribution is 5.92. The molecule has 0 aliphatic carbocycles. The lowest BCUT2D eigenvalue weighted by molar-refractivity contribution is -0.114. The summed E-state index contributed by atoms with van der Waals surface area (Å²) in [7, 11) is 1.83. The first-order valence-corrected chi connectivity index (χ1v) is 7.07. The van der Waals surface area contributed by atoms with Crippen LogP contribution in [0.5, 0.6) is 0 Å². The average molecular weight is 309 g/mol. The van der Waals surface area contributed by atoms with Gasteiger partial charge in [0.2, 0.25) is 0 Å².